The number of nitrogens with one attached hydrogen (secondary N) is 1. The average Bonchev–Trinajstić information content (AvgIpc) is 2.65. The highest BCUT2D eigenvalue weighted by molar-refractivity contribution is 5.79. The molecule has 0 saturated heterocycles. The van der Waals surface area contributed by atoms with Crippen LogP contribution in [-0.4, -0.2) is 38.9 Å². The third kappa shape index (κ3) is 2.51. The lowest BCUT2D eigenvalue weighted by molar-refractivity contribution is -0.124. The van der Waals surface area contributed by atoms with Gasteiger partial charge in [0.2, 0.25) is 5.91 Å². The van der Waals surface area contributed by atoms with Gasteiger partial charge in [0.15, 0.2) is 0 Å². The van der Waals surface area contributed by atoms with E-state index in [4.69, 9.17) is 5.11 Å². The topological polar surface area (TPSA) is 80.0 Å². The van der Waals surface area contributed by atoms with Gasteiger partial charge in [-0.05, 0) is 6.92 Å². The molecule has 0 fully saturated rings. The van der Waals surface area contributed by atoms with E-state index in [-0.39, 0.29) is 19.1 Å². The molecule has 0 saturated carbocycles. The van der Waals surface area contributed by atoms with E-state index < -0.39 is 6.04 Å². The molecule has 1 aromatic heterocycles. The molecule has 1 aromatic rings. The molecule has 0 aromatic carbocycles. The van der Waals surface area contributed by atoms with Crippen molar-refractivity contribution in [1.29, 1.82) is 0 Å². The minimum absolute atomic E-state index is 0.0597. The number of carbonyl (C=O) groups excluding carboxylic acids is 1. The van der Waals surface area contributed by atoms with Crippen LogP contribution in [0.1, 0.15) is 13.0 Å². The highest BCUT2D eigenvalue weighted by Gasteiger charge is 2.13. The van der Waals surface area contributed by atoms with E-state index in [9.17, 15) is 4.79 Å². The van der Waals surface area contributed by atoms with Gasteiger partial charge >= 0.3 is 0 Å². The maximum atomic E-state index is 11.3. The van der Waals surface area contributed by atoms with Crippen LogP contribution in [-0.2, 0) is 4.79 Å². The van der Waals surface area contributed by atoms with E-state index in [1.807, 2.05) is 0 Å². The van der Waals surface area contributed by atoms with Crippen LogP contribution in [0.2, 0.25) is 0 Å². The number of nitrogens with zero attached hydrogens (tertiary/aromatic N) is 3. The lowest BCUT2D eigenvalue weighted by Crippen LogP contribution is -2.33. The van der Waals surface area contributed by atoms with Crippen molar-refractivity contribution in [1.82, 2.24) is 20.1 Å². The van der Waals surface area contributed by atoms with E-state index in [0.29, 0.717) is 0 Å². The molecule has 0 radical (unpaired) electrons. The number of rotatable bonds is 4. The molecule has 6 heteroatoms. The van der Waals surface area contributed by atoms with Crippen molar-refractivity contribution in [3.05, 3.63) is 12.7 Å². The molecule has 1 rings (SSSR count). The van der Waals surface area contributed by atoms with Gasteiger partial charge in [-0.15, -0.1) is 0 Å². The van der Waals surface area contributed by atoms with Crippen LogP contribution < -0.4 is 5.32 Å². The van der Waals surface area contributed by atoms with Gasteiger partial charge < -0.3 is 10.4 Å². The summed E-state index contributed by atoms with van der Waals surface area (Å²) in [6.07, 6.45) is 2.85. The maximum absolute atomic E-state index is 11.3. The Morgan fingerprint density at radius 2 is 2.54 bits per heavy atom. The Morgan fingerprint density at radius 3 is 3.08 bits per heavy atom. The molecule has 0 aliphatic carbocycles. The summed E-state index contributed by atoms with van der Waals surface area (Å²) in [6, 6.07) is -0.394. The summed E-state index contributed by atoms with van der Waals surface area (Å²) >= 11 is 0. The SMILES string of the molecule is CC(C(=O)NCCO)n1cncn1. The summed E-state index contributed by atoms with van der Waals surface area (Å²) in [7, 11) is 0. The second-order valence-electron chi connectivity index (χ2n) is 2.57. The smallest absolute Gasteiger partial charge is 0.244 e. The van der Waals surface area contributed by atoms with Crippen molar-refractivity contribution in [3.63, 3.8) is 0 Å². The van der Waals surface area contributed by atoms with E-state index in [1.165, 1.54) is 17.3 Å². The molecule has 0 spiro atoms. The van der Waals surface area contributed by atoms with Crippen LogP contribution >= 0.6 is 0 Å². The zero-order valence-electron chi connectivity index (χ0n) is 7.34. The fourth-order valence-electron chi connectivity index (χ4n) is 0.864. The van der Waals surface area contributed by atoms with Gasteiger partial charge in [-0.25, -0.2) is 9.67 Å². The first kappa shape index (κ1) is 9.66. The van der Waals surface area contributed by atoms with Gasteiger partial charge in [-0.3, -0.25) is 4.79 Å². The van der Waals surface area contributed by atoms with Crippen LogP contribution in [0.15, 0.2) is 12.7 Å². The highest BCUT2D eigenvalue weighted by Crippen LogP contribution is 2.00. The summed E-state index contributed by atoms with van der Waals surface area (Å²) in [5.41, 5.74) is 0. The zero-order chi connectivity index (χ0) is 9.68. The van der Waals surface area contributed by atoms with Crippen molar-refractivity contribution < 1.29 is 9.90 Å². The quantitative estimate of drug-likeness (QED) is 0.625. The second kappa shape index (κ2) is 4.56. The Hall–Kier alpha value is -1.43. The zero-order valence-corrected chi connectivity index (χ0v) is 7.34. The number of carbonyl (C=O) groups is 1. The Labute approximate surface area is 75.6 Å². The Morgan fingerprint density at radius 1 is 1.77 bits per heavy atom. The van der Waals surface area contributed by atoms with Gasteiger partial charge in [-0.2, -0.15) is 5.10 Å². The first-order chi connectivity index (χ1) is 6.25. The third-order valence-corrected chi connectivity index (χ3v) is 1.62. The summed E-state index contributed by atoms with van der Waals surface area (Å²) in [5, 5.41) is 14.8. The molecule has 6 nitrogen and oxygen atoms in total. The Bertz CT molecular complexity index is 259. The molecular formula is C7H12N4O2. The van der Waals surface area contributed by atoms with Crippen molar-refractivity contribution in [3.8, 4) is 0 Å². The average molecular weight is 184 g/mol. The summed E-state index contributed by atoms with van der Waals surface area (Å²) in [5.74, 6) is -0.181. The largest absolute Gasteiger partial charge is 0.395 e. The first-order valence-electron chi connectivity index (χ1n) is 3.98. The van der Waals surface area contributed by atoms with Crippen molar-refractivity contribution in [2.45, 2.75) is 13.0 Å². The fraction of sp³-hybridized carbons (Fsp3) is 0.571. The molecule has 1 heterocycles. The Balaban J connectivity index is 2.48. The number of aliphatic hydroxyl groups excluding tert-OH is 1. The van der Waals surface area contributed by atoms with Gasteiger partial charge in [0.25, 0.3) is 0 Å². The van der Waals surface area contributed by atoms with Crippen LogP contribution in [0.5, 0.6) is 0 Å². The maximum Gasteiger partial charge on any atom is 0.244 e. The van der Waals surface area contributed by atoms with E-state index in [1.54, 1.807) is 6.92 Å². The summed E-state index contributed by atoms with van der Waals surface area (Å²) in [6.45, 7) is 1.91. The van der Waals surface area contributed by atoms with E-state index in [2.05, 4.69) is 15.4 Å². The van der Waals surface area contributed by atoms with Gasteiger partial charge in [0.1, 0.15) is 18.7 Å². The Kier molecular flexibility index (Phi) is 3.39. The molecule has 2 N–H and O–H groups in total. The molecule has 1 atom stereocenters. The van der Waals surface area contributed by atoms with Crippen LogP contribution in [0, 0.1) is 0 Å². The van der Waals surface area contributed by atoms with Crippen molar-refractivity contribution in [2.24, 2.45) is 0 Å². The molecule has 0 aliphatic heterocycles. The minimum atomic E-state index is -0.394. The second-order valence-corrected chi connectivity index (χ2v) is 2.57. The number of aromatic nitrogens is 3. The van der Waals surface area contributed by atoms with Crippen molar-refractivity contribution >= 4 is 5.91 Å². The standard InChI is InChI=1S/C7H12N4O2/c1-6(7(13)9-2-3-12)11-5-8-4-10-11/h4-6,12H,2-3H2,1H3,(H,9,13). The number of hydrogen-bond acceptors (Lipinski definition) is 4. The summed E-state index contributed by atoms with van der Waals surface area (Å²) in [4.78, 5) is 15.0. The minimum Gasteiger partial charge on any atom is -0.395 e. The molecule has 72 valence electrons. The molecule has 1 amide bonds. The number of amides is 1. The highest BCUT2D eigenvalue weighted by atomic mass is 16.3. The predicted molar refractivity (Wildman–Crippen MR) is 44.8 cm³/mol. The number of hydrogen-bond donors (Lipinski definition) is 2. The fourth-order valence-corrected chi connectivity index (χ4v) is 0.864. The van der Waals surface area contributed by atoms with Gasteiger partial charge in [0.05, 0.1) is 6.61 Å². The van der Waals surface area contributed by atoms with E-state index >= 15 is 0 Å². The predicted octanol–water partition coefficient (Wildman–Crippen LogP) is -1.05. The van der Waals surface area contributed by atoms with Crippen LogP contribution in [0.3, 0.4) is 0 Å². The van der Waals surface area contributed by atoms with E-state index in [0.717, 1.165) is 0 Å². The third-order valence-electron chi connectivity index (χ3n) is 1.62. The first-order valence-corrected chi connectivity index (χ1v) is 3.98. The molecule has 13 heavy (non-hydrogen) atoms. The molecular weight excluding hydrogens is 172 g/mol. The van der Waals surface area contributed by atoms with Crippen molar-refractivity contribution in [2.75, 3.05) is 13.2 Å². The monoisotopic (exact) mass is 184 g/mol. The molecule has 1 unspecified atom stereocenters. The van der Waals surface area contributed by atoms with Crippen LogP contribution in [0.4, 0.5) is 0 Å². The molecule has 0 aliphatic rings. The lowest BCUT2D eigenvalue weighted by Gasteiger charge is -2.10. The van der Waals surface area contributed by atoms with Gasteiger partial charge in [0, 0.05) is 6.54 Å². The van der Waals surface area contributed by atoms with Crippen LogP contribution in [0.25, 0.3) is 0 Å². The summed E-state index contributed by atoms with van der Waals surface area (Å²) < 4.78 is 1.45. The molecule has 0 bridgehead atoms. The lowest BCUT2D eigenvalue weighted by atomic mass is 10.3. The normalized spacial score (nSPS) is 12.5. The van der Waals surface area contributed by atoms with Gasteiger partial charge in [-0.1, -0.05) is 0 Å². The number of aliphatic hydroxyl groups is 1.